The van der Waals surface area contributed by atoms with E-state index in [2.05, 4.69) is 9.88 Å². The first-order chi connectivity index (χ1) is 16.9. The summed E-state index contributed by atoms with van der Waals surface area (Å²) < 4.78 is 28.4. The predicted molar refractivity (Wildman–Crippen MR) is 133 cm³/mol. The number of carbonyl (C=O) groups is 1. The van der Waals surface area contributed by atoms with Gasteiger partial charge in [0.15, 0.2) is 5.78 Å². The summed E-state index contributed by atoms with van der Waals surface area (Å²) in [6.07, 6.45) is 3.32. The number of rotatable bonds is 6. The number of Topliss-reactive ketones (excluding diaryl/α,β-unsaturated/α-hetero) is 1. The van der Waals surface area contributed by atoms with Crippen molar-refractivity contribution in [2.75, 3.05) is 20.1 Å². The molecule has 4 nitrogen and oxygen atoms in total. The molecule has 0 radical (unpaired) electrons. The van der Waals surface area contributed by atoms with Crippen LogP contribution < -0.4 is 0 Å². The van der Waals surface area contributed by atoms with E-state index in [0.717, 1.165) is 47.6 Å². The van der Waals surface area contributed by atoms with Gasteiger partial charge in [-0.2, -0.15) is 0 Å². The molecule has 0 amide bonds. The highest BCUT2D eigenvalue weighted by atomic mass is 19.1. The van der Waals surface area contributed by atoms with Crippen LogP contribution in [0.4, 0.5) is 8.78 Å². The zero-order valence-electron chi connectivity index (χ0n) is 20.1. The van der Waals surface area contributed by atoms with Crippen LogP contribution in [-0.4, -0.2) is 41.5 Å². The minimum absolute atomic E-state index is 0.0982. The Morgan fingerprint density at radius 1 is 1.06 bits per heavy atom. The second kappa shape index (κ2) is 9.78. The zero-order chi connectivity index (χ0) is 24.5. The number of hydrogen-bond donors (Lipinski definition) is 0. The summed E-state index contributed by atoms with van der Waals surface area (Å²) in [5, 5.41) is 0. The highest BCUT2D eigenvalue weighted by Crippen LogP contribution is 2.30. The molecule has 6 heteroatoms. The molecule has 0 aliphatic carbocycles. The van der Waals surface area contributed by atoms with Gasteiger partial charge in [0.05, 0.1) is 12.3 Å². The van der Waals surface area contributed by atoms with Crippen molar-refractivity contribution in [2.45, 2.75) is 32.7 Å². The number of pyridine rings is 1. The Morgan fingerprint density at radius 3 is 2.60 bits per heavy atom. The van der Waals surface area contributed by atoms with Crippen LogP contribution in [0.1, 0.15) is 51.1 Å². The lowest BCUT2D eigenvalue weighted by Gasteiger charge is -2.35. The molecule has 1 saturated heterocycles. The number of piperidine rings is 1. The first kappa shape index (κ1) is 23.5. The number of fused-ring (bicyclic) bond motifs is 1. The van der Waals surface area contributed by atoms with Crippen molar-refractivity contribution in [1.82, 2.24) is 9.88 Å². The molecule has 0 N–H and O–H groups in total. The van der Waals surface area contributed by atoms with E-state index in [0.29, 0.717) is 24.9 Å². The Labute approximate surface area is 204 Å². The molecule has 0 saturated carbocycles. The number of ketones is 1. The normalized spacial score (nSPS) is 19.9. The molecular formula is C29H29F2N3O. The molecule has 2 aliphatic rings. The summed E-state index contributed by atoms with van der Waals surface area (Å²) >= 11 is 0. The van der Waals surface area contributed by atoms with Crippen molar-refractivity contribution >= 4 is 11.5 Å². The smallest absolute Gasteiger partial charge is 0.163 e. The second-order valence-corrected chi connectivity index (χ2v) is 9.94. The molecule has 5 rings (SSSR count). The van der Waals surface area contributed by atoms with E-state index in [1.807, 2.05) is 44.3 Å². The number of aliphatic imine (C=N–C) groups is 1. The predicted octanol–water partition coefficient (Wildman–Crippen LogP) is 5.40. The van der Waals surface area contributed by atoms with Gasteiger partial charge in [-0.15, -0.1) is 0 Å². The molecular weight excluding hydrogens is 444 g/mol. The Morgan fingerprint density at radius 2 is 1.83 bits per heavy atom. The van der Waals surface area contributed by atoms with Gasteiger partial charge < -0.3 is 4.90 Å². The Hall–Kier alpha value is -3.25. The molecule has 180 valence electrons. The standard InChI is InChI=1S/C29H29F2N3O/c1-18-10-22(8-9-32-18)29-24-14-21(6-7-23(24)15-33-29)28(35)13-20-11-19(16-34(2)17-20)12-25-26(30)4-3-5-27(25)31/h3-10,14,19-20H,11-13,15-17H2,1-2H3. The molecule has 0 spiro atoms. The van der Waals surface area contributed by atoms with Crippen molar-refractivity contribution < 1.29 is 13.6 Å². The van der Waals surface area contributed by atoms with Crippen LogP contribution in [0.15, 0.2) is 59.7 Å². The second-order valence-electron chi connectivity index (χ2n) is 9.94. The van der Waals surface area contributed by atoms with Crippen molar-refractivity contribution in [3.63, 3.8) is 0 Å². The Bertz CT molecular complexity index is 1280. The van der Waals surface area contributed by atoms with Crippen molar-refractivity contribution in [1.29, 1.82) is 0 Å². The molecule has 3 aromatic rings. The zero-order valence-corrected chi connectivity index (χ0v) is 20.1. The SMILES string of the molecule is Cc1cc(C2=NCc3ccc(C(=O)CC4CC(Cc5c(F)cccc5F)CN(C)C4)cc32)ccn1. The van der Waals surface area contributed by atoms with E-state index >= 15 is 0 Å². The number of likely N-dealkylation sites (tertiary alicyclic amines) is 1. The van der Waals surface area contributed by atoms with Crippen LogP contribution in [0.25, 0.3) is 0 Å². The van der Waals surface area contributed by atoms with Crippen molar-refractivity contribution in [2.24, 2.45) is 16.8 Å². The van der Waals surface area contributed by atoms with Gasteiger partial charge in [0.1, 0.15) is 11.6 Å². The Kier molecular flexibility index (Phi) is 6.56. The van der Waals surface area contributed by atoms with E-state index in [4.69, 9.17) is 4.99 Å². The number of carbonyl (C=O) groups excluding carboxylic acids is 1. The molecule has 3 heterocycles. The third-order valence-electron chi connectivity index (χ3n) is 7.10. The number of hydrogen-bond acceptors (Lipinski definition) is 4. The average Bonchev–Trinajstić information content (AvgIpc) is 3.24. The quantitative estimate of drug-likeness (QED) is 0.450. The minimum atomic E-state index is -0.495. The summed E-state index contributed by atoms with van der Waals surface area (Å²) in [6, 6.07) is 13.9. The summed E-state index contributed by atoms with van der Waals surface area (Å²) in [5.74, 6) is -0.644. The van der Waals surface area contributed by atoms with E-state index in [1.165, 1.54) is 18.2 Å². The first-order valence-electron chi connectivity index (χ1n) is 12.1. The minimum Gasteiger partial charge on any atom is -0.306 e. The molecule has 35 heavy (non-hydrogen) atoms. The monoisotopic (exact) mass is 473 g/mol. The van der Waals surface area contributed by atoms with Crippen LogP contribution in [0.2, 0.25) is 0 Å². The van der Waals surface area contributed by atoms with E-state index in [9.17, 15) is 13.6 Å². The van der Waals surface area contributed by atoms with Crippen LogP contribution in [0.3, 0.4) is 0 Å². The summed E-state index contributed by atoms with van der Waals surface area (Å²) in [5.41, 5.74) is 5.81. The first-order valence-corrected chi connectivity index (χ1v) is 12.1. The summed E-state index contributed by atoms with van der Waals surface area (Å²) in [7, 11) is 2.01. The van der Waals surface area contributed by atoms with E-state index < -0.39 is 11.6 Å². The van der Waals surface area contributed by atoms with Gasteiger partial charge in [-0.05, 0) is 74.5 Å². The largest absolute Gasteiger partial charge is 0.306 e. The topological polar surface area (TPSA) is 45.6 Å². The maximum Gasteiger partial charge on any atom is 0.163 e. The molecule has 2 aromatic carbocycles. The van der Waals surface area contributed by atoms with Gasteiger partial charge in [0.2, 0.25) is 0 Å². The van der Waals surface area contributed by atoms with Crippen LogP contribution in [-0.2, 0) is 13.0 Å². The highest BCUT2D eigenvalue weighted by Gasteiger charge is 2.29. The van der Waals surface area contributed by atoms with Gasteiger partial charge in [-0.25, -0.2) is 8.78 Å². The fraction of sp³-hybridized carbons (Fsp3) is 0.345. The fourth-order valence-corrected chi connectivity index (χ4v) is 5.57. The fourth-order valence-electron chi connectivity index (χ4n) is 5.57. The lowest BCUT2D eigenvalue weighted by atomic mass is 9.82. The number of benzene rings is 2. The molecule has 2 unspecified atom stereocenters. The number of halogens is 2. The van der Waals surface area contributed by atoms with Gasteiger partial charge in [-0.1, -0.05) is 18.2 Å². The van der Waals surface area contributed by atoms with E-state index in [1.54, 1.807) is 6.20 Å². The number of nitrogens with zero attached hydrogens (tertiary/aromatic N) is 3. The maximum absolute atomic E-state index is 14.2. The van der Waals surface area contributed by atoms with Crippen molar-refractivity contribution in [3.05, 3.63) is 99.9 Å². The third kappa shape index (κ3) is 5.08. The summed E-state index contributed by atoms with van der Waals surface area (Å²) in [6.45, 7) is 4.13. The molecule has 1 aromatic heterocycles. The van der Waals surface area contributed by atoms with Gasteiger partial charge in [0.25, 0.3) is 0 Å². The Balaban J connectivity index is 1.30. The number of aryl methyl sites for hydroxylation is 1. The van der Waals surface area contributed by atoms with Crippen LogP contribution in [0, 0.1) is 30.4 Å². The van der Waals surface area contributed by atoms with Gasteiger partial charge >= 0.3 is 0 Å². The average molecular weight is 474 g/mol. The maximum atomic E-state index is 14.2. The highest BCUT2D eigenvalue weighted by molar-refractivity contribution is 6.16. The van der Waals surface area contributed by atoms with Gasteiger partial charge in [0, 0.05) is 53.7 Å². The molecule has 2 aliphatic heterocycles. The molecule has 1 fully saturated rings. The van der Waals surface area contributed by atoms with E-state index in [-0.39, 0.29) is 23.2 Å². The van der Waals surface area contributed by atoms with Gasteiger partial charge in [-0.3, -0.25) is 14.8 Å². The number of aromatic nitrogens is 1. The lowest BCUT2D eigenvalue weighted by Crippen LogP contribution is -2.39. The molecule has 0 bridgehead atoms. The summed E-state index contributed by atoms with van der Waals surface area (Å²) in [4.78, 5) is 24.5. The third-order valence-corrected chi connectivity index (χ3v) is 7.10. The molecule has 2 atom stereocenters. The van der Waals surface area contributed by atoms with Crippen molar-refractivity contribution in [3.8, 4) is 0 Å². The van der Waals surface area contributed by atoms with Crippen LogP contribution >= 0.6 is 0 Å². The van der Waals surface area contributed by atoms with Crippen LogP contribution in [0.5, 0.6) is 0 Å². The lowest BCUT2D eigenvalue weighted by molar-refractivity contribution is 0.0892.